The number of nitrogens with two attached hydrogens (primary N) is 1. The number of sulfone groups is 1. The van der Waals surface area contributed by atoms with E-state index in [9.17, 15) is 8.42 Å². The second-order valence-corrected chi connectivity index (χ2v) is 7.41. The molecule has 8 heteroatoms. The van der Waals surface area contributed by atoms with Crippen LogP contribution in [0.15, 0.2) is 5.16 Å². The molecule has 0 unspecified atom stereocenters. The van der Waals surface area contributed by atoms with Crippen molar-refractivity contribution in [3.05, 3.63) is 5.82 Å². The first-order chi connectivity index (χ1) is 8.48. The highest BCUT2D eigenvalue weighted by Crippen LogP contribution is 2.18. The molecule has 0 amide bonds. The SMILES string of the molecule is CCCn1c(CN)nnc1SCCCS(C)(=O)=O. The molecule has 0 aliphatic carbocycles. The van der Waals surface area contributed by atoms with Crippen LogP contribution in [0.3, 0.4) is 0 Å². The predicted octanol–water partition coefficient (Wildman–Crippen LogP) is 0.674. The molecular formula is C10H20N4O2S2. The summed E-state index contributed by atoms with van der Waals surface area (Å²) in [4.78, 5) is 0. The molecule has 0 bridgehead atoms. The van der Waals surface area contributed by atoms with Crippen molar-refractivity contribution in [2.45, 2.75) is 38.0 Å². The van der Waals surface area contributed by atoms with Crippen molar-refractivity contribution in [3.63, 3.8) is 0 Å². The zero-order chi connectivity index (χ0) is 13.6. The van der Waals surface area contributed by atoms with E-state index < -0.39 is 9.84 Å². The molecule has 1 aromatic rings. The molecule has 1 rings (SSSR count). The number of hydrogen-bond acceptors (Lipinski definition) is 6. The van der Waals surface area contributed by atoms with E-state index in [1.807, 2.05) is 4.57 Å². The van der Waals surface area contributed by atoms with Crippen LogP contribution in [0.1, 0.15) is 25.6 Å². The molecule has 0 fully saturated rings. The van der Waals surface area contributed by atoms with Gasteiger partial charge in [0.25, 0.3) is 0 Å². The monoisotopic (exact) mass is 292 g/mol. The zero-order valence-electron chi connectivity index (χ0n) is 10.8. The Morgan fingerprint density at radius 1 is 1.39 bits per heavy atom. The Labute approximate surface area is 112 Å². The van der Waals surface area contributed by atoms with Crippen molar-refractivity contribution >= 4 is 21.6 Å². The summed E-state index contributed by atoms with van der Waals surface area (Å²) in [6, 6.07) is 0. The van der Waals surface area contributed by atoms with Crippen molar-refractivity contribution in [2.75, 3.05) is 17.8 Å². The normalized spacial score (nSPS) is 11.9. The predicted molar refractivity (Wildman–Crippen MR) is 73.3 cm³/mol. The summed E-state index contributed by atoms with van der Waals surface area (Å²) in [5.41, 5.74) is 5.59. The number of nitrogens with zero attached hydrogens (tertiary/aromatic N) is 3. The second kappa shape index (κ2) is 7.10. The lowest BCUT2D eigenvalue weighted by Gasteiger charge is -2.07. The first kappa shape index (κ1) is 15.5. The summed E-state index contributed by atoms with van der Waals surface area (Å²) in [5, 5.41) is 8.94. The molecule has 18 heavy (non-hydrogen) atoms. The largest absolute Gasteiger partial charge is 0.324 e. The maximum Gasteiger partial charge on any atom is 0.191 e. The minimum Gasteiger partial charge on any atom is -0.324 e. The molecular weight excluding hydrogens is 272 g/mol. The van der Waals surface area contributed by atoms with Gasteiger partial charge >= 0.3 is 0 Å². The van der Waals surface area contributed by atoms with Gasteiger partial charge in [-0.25, -0.2) is 8.42 Å². The third kappa shape index (κ3) is 4.95. The van der Waals surface area contributed by atoms with Crippen LogP contribution in [0.5, 0.6) is 0 Å². The van der Waals surface area contributed by atoms with Gasteiger partial charge in [0, 0.05) is 18.6 Å². The molecule has 0 aromatic carbocycles. The molecule has 0 saturated heterocycles. The third-order valence-corrected chi connectivity index (χ3v) is 4.40. The molecule has 0 atom stereocenters. The van der Waals surface area contributed by atoms with Gasteiger partial charge in [-0.15, -0.1) is 10.2 Å². The lowest BCUT2D eigenvalue weighted by Crippen LogP contribution is -2.09. The molecule has 0 radical (unpaired) electrons. The maximum atomic E-state index is 11.0. The Morgan fingerprint density at radius 3 is 2.67 bits per heavy atom. The van der Waals surface area contributed by atoms with Gasteiger partial charge in [-0.05, 0) is 12.8 Å². The number of aromatic nitrogens is 3. The van der Waals surface area contributed by atoms with Gasteiger partial charge in [-0.1, -0.05) is 18.7 Å². The lowest BCUT2D eigenvalue weighted by atomic mass is 10.4. The van der Waals surface area contributed by atoms with E-state index in [-0.39, 0.29) is 5.75 Å². The second-order valence-electron chi connectivity index (χ2n) is 4.09. The average Bonchev–Trinajstić information content (AvgIpc) is 2.66. The first-order valence-corrected chi connectivity index (χ1v) is 8.95. The van der Waals surface area contributed by atoms with Crippen molar-refractivity contribution in [1.29, 1.82) is 0 Å². The summed E-state index contributed by atoms with van der Waals surface area (Å²) in [6.07, 6.45) is 2.87. The van der Waals surface area contributed by atoms with Crippen LogP contribution in [0, 0.1) is 0 Å². The Bertz CT molecular complexity index is 470. The van der Waals surface area contributed by atoms with Crippen LogP contribution in [-0.2, 0) is 22.9 Å². The van der Waals surface area contributed by atoms with Crippen LogP contribution in [-0.4, -0.2) is 40.9 Å². The van der Waals surface area contributed by atoms with E-state index in [4.69, 9.17) is 5.73 Å². The Morgan fingerprint density at radius 2 is 2.11 bits per heavy atom. The van der Waals surface area contributed by atoms with E-state index >= 15 is 0 Å². The maximum absolute atomic E-state index is 11.0. The summed E-state index contributed by atoms with van der Waals surface area (Å²) in [5.74, 6) is 1.72. The van der Waals surface area contributed by atoms with E-state index in [0.717, 1.165) is 29.7 Å². The van der Waals surface area contributed by atoms with Crippen molar-refractivity contribution in [2.24, 2.45) is 5.73 Å². The third-order valence-electron chi connectivity index (χ3n) is 2.31. The highest BCUT2D eigenvalue weighted by molar-refractivity contribution is 7.99. The van der Waals surface area contributed by atoms with Gasteiger partial charge < -0.3 is 10.3 Å². The van der Waals surface area contributed by atoms with Crippen LogP contribution >= 0.6 is 11.8 Å². The molecule has 2 N–H and O–H groups in total. The Kier molecular flexibility index (Phi) is 6.10. The Balaban J connectivity index is 2.54. The molecule has 0 aliphatic rings. The minimum atomic E-state index is -2.87. The molecule has 104 valence electrons. The summed E-state index contributed by atoms with van der Waals surface area (Å²) >= 11 is 1.53. The Hall–Kier alpha value is -0.600. The van der Waals surface area contributed by atoms with Crippen LogP contribution < -0.4 is 5.73 Å². The van der Waals surface area contributed by atoms with Gasteiger partial charge in [-0.3, -0.25) is 0 Å². The quantitative estimate of drug-likeness (QED) is 0.559. The molecule has 1 heterocycles. The number of hydrogen-bond donors (Lipinski definition) is 1. The van der Waals surface area contributed by atoms with Crippen molar-refractivity contribution in [3.8, 4) is 0 Å². The number of rotatable bonds is 8. The molecule has 0 spiro atoms. The van der Waals surface area contributed by atoms with Gasteiger partial charge in [-0.2, -0.15) is 0 Å². The lowest BCUT2D eigenvalue weighted by molar-refractivity contribution is 0.592. The topological polar surface area (TPSA) is 90.9 Å². The van der Waals surface area contributed by atoms with Crippen molar-refractivity contribution in [1.82, 2.24) is 14.8 Å². The summed E-state index contributed by atoms with van der Waals surface area (Å²) in [7, 11) is -2.87. The molecule has 6 nitrogen and oxygen atoms in total. The van der Waals surface area contributed by atoms with E-state index in [2.05, 4.69) is 17.1 Å². The van der Waals surface area contributed by atoms with Crippen LogP contribution in [0.2, 0.25) is 0 Å². The van der Waals surface area contributed by atoms with E-state index in [0.29, 0.717) is 13.0 Å². The minimum absolute atomic E-state index is 0.214. The standard InChI is InChI=1S/C10H20N4O2S2/c1-3-5-14-9(8-11)12-13-10(14)17-6-4-7-18(2,15)16/h3-8,11H2,1-2H3. The molecule has 0 saturated carbocycles. The van der Waals surface area contributed by atoms with E-state index in [1.54, 1.807) is 0 Å². The summed E-state index contributed by atoms with van der Waals surface area (Å²) < 4.78 is 24.0. The fraction of sp³-hybridized carbons (Fsp3) is 0.800. The van der Waals surface area contributed by atoms with Gasteiger partial charge in [0.15, 0.2) is 5.16 Å². The van der Waals surface area contributed by atoms with Crippen molar-refractivity contribution < 1.29 is 8.42 Å². The van der Waals surface area contributed by atoms with Gasteiger partial charge in [0.1, 0.15) is 15.7 Å². The molecule has 1 aromatic heterocycles. The average molecular weight is 292 g/mol. The number of thioether (sulfide) groups is 1. The highest BCUT2D eigenvalue weighted by atomic mass is 32.2. The fourth-order valence-electron chi connectivity index (χ4n) is 1.51. The van der Waals surface area contributed by atoms with Crippen LogP contribution in [0.4, 0.5) is 0 Å². The summed E-state index contributed by atoms with van der Waals surface area (Å²) in [6.45, 7) is 3.29. The highest BCUT2D eigenvalue weighted by Gasteiger charge is 2.11. The molecule has 0 aliphatic heterocycles. The zero-order valence-corrected chi connectivity index (χ0v) is 12.4. The smallest absolute Gasteiger partial charge is 0.191 e. The van der Waals surface area contributed by atoms with Crippen LogP contribution in [0.25, 0.3) is 0 Å². The first-order valence-electron chi connectivity index (χ1n) is 5.90. The van der Waals surface area contributed by atoms with E-state index in [1.165, 1.54) is 18.0 Å². The fourth-order valence-corrected chi connectivity index (χ4v) is 3.28. The van der Waals surface area contributed by atoms with Gasteiger partial charge in [0.05, 0.1) is 12.3 Å². The van der Waals surface area contributed by atoms with Gasteiger partial charge in [0.2, 0.25) is 0 Å².